The lowest BCUT2D eigenvalue weighted by atomic mass is 10.2. The number of fused-ring (bicyclic) bond motifs is 1. The van der Waals surface area contributed by atoms with Crippen molar-refractivity contribution in [2.45, 2.75) is 0 Å². The van der Waals surface area contributed by atoms with Gasteiger partial charge < -0.3 is 5.11 Å². The third-order valence-electron chi connectivity index (χ3n) is 1.70. The third kappa shape index (κ3) is 1.16. The molecule has 1 aromatic heterocycles. The molecule has 60 valence electrons. The smallest absolute Gasteiger partial charge is 0.116 e. The molecule has 0 aliphatic rings. The van der Waals surface area contributed by atoms with Crippen LogP contribution in [0.15, 0.2) is 35.1 Å². The van der Waals surface area contributed by atoms with E-state index < -0.39 is 0 Å². The fourth-order valence-corrected chi connectivity index (χ4v) is 1.58. The van der Waals surface area contributed by atoms with Crippen molar-refractivity contribution >= 4 is 26.7 Å². The first-order valence-corrected chi connectivity index (χ1v) is 4.30. The van der Waals surface area contributed by atoms with Crippen molar-refractivity contribution in [2.24, 2.45) is 0 Å². The second-order valence-corrected chi connectivity index (χ2v) is 3.26. The molecule has 2 aromatic rings. The Kier molecular flexibility index (Phi) is 1.73. The molecular formula is C9H6BrNO. The van der Waals surface area contributed by atoms with Crippen LogP contribution in [0.4, 0.5) is 0 Å². The Bertz CT molecular complexity index is 428. The lowest BCUT2D eigenvalue weighted by Gasteiger charge is -1.99. The van der Waals surface area contributed by atoms with Gasteiger partial charge in [-0.05, 0) is 39.5 Å². The zero-order valence-electron chi connectivity index (χ0n) is 6.16. The van der Waals surface area contributed by atoms with E-state index in [-0.39, 0.29) is 5.75 Å². The van der Waals surface area contributed by atoms with Gasteiger partial charge in [-0.15, -0.1) is 0 Å². The highest BCUT2D eigenvalue weighted by molar-refractivity contribution is 9.10. The number of hydrogen-bond acceptors (Lipinski definition) is 2. The van der Waals surface area contributed by atoms with E-state index in [1.165, 1.54) is 0 Å². The Morgan fingerprint density at radius 2 is 2.08 bits per heavy atom. The largest absolute Gasteiger partial charge is 0.508 e. The van der Waals surface area contributed by atoms with Gasteiger partial charge in [-0.1, -0.05) is 6.07 Å². The highest BCUT2D eigenvalue weighted by Gasteiger charge is 1.98. The summed E-state index contributed by atoms with van der Waals surface area (Å²) >= 11 is 3.31. The van der Waals surface area contributed by atoms with Crippen LogP contribution in [0, 0.1) is 0 Å². The molecule has 0 amide bonds. The second kappa shape index (κ2) is 2.75. The predicted octanol–water partition coefficient (Wildman–Crippen LogP) is 2.70. The first-order valence-electron chi connectivity index (χ1n) is 3.50. The zero-order chi connectivity index (χ0) is 8.55. The number of nitrogens with zero attached hydrogens (tertiary/aromatic N) is 1. The van der Waals surface area contributed by atoms with E-state index in [0.29, 0.717) is 0 Å². The lowest BCUT2D eigenvalue weighted by Crippen LogP contribution is -1.77. The SMILES string of the molecule is Oc1ccc2ccnc(Br)c2c1. The van der Waals surface area contributed by atoms with Crippen LogP contribution in [0.5, 0.6) is 5.75 Å². The predicted molar refractivity (Wildman–Crippen MR) is 51.1 cm³/mol. The highest BCUT2D eigenvalue weighted by atomic mass is 79.9. The van der Waals surface area contributed by atoms with E-state index >= 15 is 0 Å². The number of pyridine rings is 1. The van der Waals surface area contributed by atoms with Crippen molar-refractivity contribution in [3.05, 3.63) is 35.1 Å². The Morgan fingerprint density at radius 3 is 2.92 bits per heavy atom. The number of rotatable bonds is 0. The van der Waals surface area contributed by atoms with E-state index in [9.17, 15) is 5.11 Å². The van der Waals surface area contributed by atoms with Crippen LogP contribution < -0.4 is 0 Å². The van der Waals surface area contributed by atoms with E-state index in [0.717, 1.165) is 15.4 Å². The summed E-state index contributed by atoms with van der Waals surface area (Å²) in [5.74, 6) is 0.260. The summed E-state index contributed by atoms with van der Waals surface area (Å²) in [6.45, 7) is 0. The Morgan fingerprint density at radius 1 is 1.25 bits per heavy atom. The molecule has 0 radical (unpaired) electrons. The summed E-state index contributed by atoms with van der Waals surface area (Å²) in [6.07, 6.45) is 1.73. The monoisotopic (exact) mass is 223 g/mol. The number of phenols is 1. The normalized spacial score (nSPS) is 10.4. The number of hydrogen-bond donors (Lipinski definition) is 1. The van der Waals surface area contributed by atoms with Crippen LogP contribution in [0.3, 0.4) is 0 Å². The van der Waals surface area contributed by atoms with Crippen LogP contribution in [-0.4, -0.2) is 10.1 Å². The van der Waals surface area contributed by atoms with E-state index in [4.69, 9.17) is 0 Å². The van der Waals surface area contributed by atoms with Crippen molar-refractivity contribution in [2.75, 3.05) is 0 Å². The molecule has 0 aliphatic heterocycles. The quantitative estimate of drug-likeness (QED) is 0.698. The molecule has 1 aromatic carbocycles. The Balaban J connectivity index is 2.88. The maximum atomic E-state index is 9.21. The molecule has 0 saturated carbocycles. The van der Waals surface area contributed by atoms with Crippen LogP contribution in [-0.2, 0) is 0 Å². The average Bonchev–Trinajstić information content (AvgIpc) is 2.07. The van der Waals surface area contributed by atoms with Gasteiger partial charge in [0.05, 0.1) is 0 Å². The van der Waals surface area contributed by atoms with Crippen LogP contribution in [0.25, 0.3) is 10.8 Å². The fraction of sp³-hybridized carbons (Fsp3) is 0. The van der Waals surface area contributed by atoms with Gasteiger partial charge in [-0.25, -0.2) is 4.98 Å². The molecule has 0 fully saturated rings. The maximum absolute atomic E-state index is 9.21. The van der Waals surface area contributed by atoms with Gasteiger partial charge in [0.15, 0.2) is 0 Å². The minimum absolute atomic E-state index is 0.260. The van der Waals surface area contributed by atoms with Crippen LogP contribution >= 0.6 is 15.9 Å². The Hall–Kier alpha value is -1.09. The molecule has 2 nitrogen and oxygen atoms in total. The molecule has 0 unspecified atom stereocenters. The number of halogens is 1. The molecule has 1 heterocycles. The number of aromatic nitrogens is 1. The van der Waals surface area contributed by atoms with Gasteiger partial charge in [-0.2, -0.15) is 0 Å². The van der Waals surface area contributed by atoms with Gasteiger partial charge in [0, 0.05) is 11.6 Å². The highest BCUT2D eigenvalue weighted by Crippen LogP contribution is 2.24. The standard InChI is InChI=1S/C9H6BrNO/c10-9-8-5-7(12)2-1-6(8)3-4-11-9/h1-5,12H. The molecule has 1 N–H and O–H groups in total. The zero-order valence-corrected chi connectivity index (χ0v) is 7.75. The van der Waals surface area contributed by atoms with Crippen LogP contribution in [0.2, 0.25) is 0 Å². The summed E-state index contributed by atoms with van der Waals surface area (Å²) in [7, 11) is 0. The average molecular weight is 224 g/mol. The van der Waals surface area contributed by atoms with Crippen molar-refractivity contribution in [3.63, 3.8) is 0 Å². The molecule has 3 heteroatoms. The summed E-state index contributed by atoms with van der Waals surface area (Å²) in [5, 5.41) is 11.2. The van der Waals surface area contributed by atoms with E-state index in [1.807, 2.05) is 12.1 Å². The Labute approximate surface area is 78.0 Å². The van der Waals surface area contributed by atoms with Crippen molar-refractivity contribution < 1.29 is 5.11 Å². The van der Waals surface area contributed by atoms with E-state index in [1.54, 1.807) is 18.3 Å². The van der Waals surface area contributed by atoms with Crippen molar-refractivity contribution in [3.8, 4) is 5.75 Å². The molecular weight excluding hydrogens is 218 g/mol. The van der Waals surface area contributed by atoms with Gasteiger partial charge in [-0.3, -0.25) is 0 Å². The van der Waals surface area contributed by atoms with Gasteiger partial charge in [0.2, 0.25) is 0 Å². The molecule has 0 saturated heterocycles. The summed E-state index contributed by atoms with van der Waals surface area (Å²) in [6, 6.07) is 7.11. The van der Waals surface area contributed by atoms with Crippen molar-refractivity contribution in [1.29, 1.82) is 0 Å². The summed E-state index contributed by atoms with van der Waals surface area (Å²) in [5.41, 5.74) is 0. The number of aromatic hydroxyl groups is 1. The second-order valence-electron chi connectivity index (χ2n) is 2.51. The number of phenolic OH excluding ortho intramolecular Hbond substituents is 1. The third-order valence-corrected chi connectivity index (χ3v) is 2.33. The van der Waals surface area contributed by atoms with Gasteiger partial charge >= 0.3 is 0 Å². The molecule has 2 rings (SSSR count). The lowest BCUT2D eigenvalue weighted by molar-refractivity contribution is 0.476. The van der Waals surface area contributed by atoms with Gasteiger partial charge in [0.25, 0.3) is 0 Å². The molecule has 0 spiro atoms. The van der Waals surface area contributed by atoms with Crippen LogP contribution in [0.1, 0.15) is 0 Å². The first kappa shape index (κ1) is 7.55. The molecule has 12 heavy (non-hydrogen) atoms. The van der Waals surface area contributed by atoms with Gasteiger partial charge in [0.1, 0.15) is 10.4 Å². The maximum Gasteiger partial charge on any atom is 0.116 e. The first-order chi connectivity index (χ1) is 5.77. The summed E-state index contributed by atoms with van der Waals surface area (Å²) in [4.78, 5) is 4.05. The fourth-order valence-electron chi connectivity index (χ4n) is 1.12. The molecule has 0 bridgehead atoms. The number of benzene rings is 1. The minimum Gasteiger partial charge on any atom is -0.508 e. The van der Waals surface area contributed by atoms with Crippen molar-refractivity contribution in [1.82, 2.24) is 4.98 Å². The minimum atomic E-state index is 0.260. The molecule has 0 atom stereocenters. The molecule has 0 aliphatic carbocycles. The van der Waals surface area contributed by atoms with E-state index in [2.05, 4.69) is 20.9 Å². The topological polar surface area (TPSA) is 33.1 Å². The summed E-state index contributed by atoms with van der Waals surface area (Å²) < 4.78 is 0.760.